The predicted octanol–water partition coefficient (Wildman–Crippen LogP) is 4.06. The number of nitrogens with zero attached hydrogens (tertiary/aromatic N) is 2. The lowest BCUT2D eigenvalue weighted by Gasteiger charge is -2.31. The molecule has 0 bridgehead atoms. The van der Waals surface area contributed by atoms with Crippen LogP contribution in [0, 0.1) is 29.3 Å². The number of ketones is 1. The molecule has 1 N–H and O–H groups in total. The molecule has 0 spiro atoms. The van der Waals surface area contributed by atoms with Gasteiger partial charge in [0.15, 0.2) is 5.78 Å². The number of benzene rings is 1. The van der Waals surface area contributed by atoms with Crippen molar-refractivity contribution in [2.24, 2.45) is 11.8 Å². The van der Waals surface area contributed by atoms with E-state index in [9.17, 15) is 22.8 Å². The summed E-state index contributed by atoms with van der Waals surface area (Å²) in [6.07, 6.45) is 4.12. The third kappa shape index (κ3) is 4.70. The van der Waals surface area contributed by atoms with E-state index in [1.807, 2.05) is 0 Å². The first-order valence-corrected chi connectivity index (χ1v) is 10.1. The van der Waals surface area contributed by atoms with Crippen molar-refractivity contribution in [2.75, 3.05) is 25.0 Å². The Morgan fingerprint density at radius 3 is 2.33 bits per heavy atom. The molecule has 0 radical (unpaired) electrons. The van der Waals surface area contributed by atoms with Crippen LogP contribution in [0.1, 0.15) is 46.5 Å². The third-order valence-electron chi connectivity index (χ3n) is 5.65. The molecule has 2 aromatic rings. The van der Waals surface area contributed by atoms with Crippen molar-refractivity contribution in [2.45, 2.75) is 25.7 Å². The predicted molar refractivity (Wildman–Crippen MR) is 105 cm³/mol. The minimum atomic E-state index is -1.31. The Labute approximate surface area is 172 Å². The monoisotopic (exact) mass is 417 g/mol. The fourth-order valence-electron chi connectivity index (χ4n) is 3.83. The number of hydrogen-bond acceptors (Lipinski definition) is 4. The minimum absolute atomic E-state index is 0.000134. The van der Waals surface area contributed by atoms with Gasteiger partial charge in [-0.15, -0.1) is 0 Å². The number of anilines is 1. The molecule has 1 aliphatic carbocycles. The highest BCUT2D eigenvalue weighted by molar-refractivity contribution is 6.04. The summed E-state index contributed by atoms with van der Waals surface area (Å²) in [5, 5.41) is 2.28. The number of likely N-dealkylation sites (tertiary alicyclic amines) is 1. The molecule has 158 valence electrons. The third-order valence-corrected chi connectivity index (χ3v) is 5.65. The lowest BCUT2D eigenvalue weighted by Crippen LogP contribution is -2.37. The van der Waals surface area contributed by atoms with Crippen LogP contribution in [0.3, 0.4) is 0 Å². The molecule has 1 saturated heterocycles. The second kappa shape index (κ2) is 8.55. The first kappa shape index (κ1) is 20.5. The van der Waals surface area contributed by atoms with Gasteiger partial charge >= 0.3 is 0 Å². The van der Waals surface area contributed by atoms with Gasteiger partial charge < -0.3 is 10.2 Å². The van der Waals surface area contributed by atoms with Gasteiger partial charge in [0.1, 0.15) is 34.5 Å². The summed E-state index contributed by atoms with van der Waals surface area (Å²) < 4.78 is 40.7. The van der Waals surface area contributed by atoms with Gasteiger partial charge in [-0.1, -0.05) is 6.07 Å². The van der Waals surface area contributed by atoms with Crippen molar-refractivity contribution >= 4 is 17.5 Å². The van der Waals surface area contributed by atoms with E-state index in [-0.39, 0.29) is 23.2 Å². The number of aromatic nitrogens is 1. The van der Waals surface area contributed by atoms with Crippen LogP contribution in [-0.4, -0.2) is 41.2 Å². The zero-order chi connectivity index (χ0) is 21.3. The Morgan fingerprint density at radius 1 is 1.03 bits per heavy atom. The SMILES string of the molecule is O=C(Nc1cccc(C(=O)C2CCN(CC3CC3)CC2)n1)c1c(F)cc(F)cc1F. The van der Waals surface area contributed by atoms with E-state index in [2.05, 4.69) is 15.2 Å². The van der Waals surface area contributed by atoms with Crippen molar-refractivity contribution in [3.63, 3.8) is 0 Å². The number of Topliss-reactive ketones (excluding diaryl/α,β-unsaturated/α-hetero) is 1. The van der Waals surface area contributed by atoms with Gasteiger partial charge in [0.2, 0.25) is 0 Å². The zero-order valence-corrected chi connectivity index (χ0v) is 16.3. The Morgan fingerprint density at radius 2 is 1.70 bits per heavy atom. The van der Waals surface area contributed by atoms with E-state index in [4.69, 9.17) is 0 Å². The smallest absolute Gasteiger partial charge is 0.262 e. The first-order chi connectivity index (χ1) is 14.4. The second-order valence-corrected chi connectivity index (χ2v) is 7.99. The maximum absolute atomic E-state index is 13.8. The summed E-state index contributed by atoms with van der Waals surface area (Å²) in [5.74, 6) is -4.26. The molecular weight excluding hydrogens is 395 g/mol. The van der Waals surface area contributed by atoms with Crippen LogP contribution in [0.25, 0.3) is 0 Å². The summed E-state index contributed by atoms with van der Waals surface area (Å²) in [5.41, 5.74) is -0.702. The number of piperidine rings is 1. The van der Waals surface area contributed by atoms with Crippen LogP contribution in [-0.2, 0) is 0 Å². The minimum Gasteiger partial charge on any atom is -0.306 e. The topological polar surface area (TPSA) is 62.3 Å². The van der Waals surface area contributed by atoms with Crippen LogP contribution in [0.2, 0.25) is 0 Å². The normalized spacial score (nSPS) is 17.7. The second-order valence-electron chi connectivity index (χ2n) is 7.99. The van der Waals surface area contributed by atoms with Gasteiger partial charge in [-0.3, -0.25) is 9.59 Å². The van der Waals surface area contributed by atoms with Gasteiger partial charge in [0, 0.05) is 24.6 Å². The molecular formula is C22H22F3N3O2. The summed E-state index contributed by atoms with van der Waals surface area (Å²) >= 11 is 0. The average molecular weight is 417 g/mol. The highest BCUT2D eigenvalue weighted by Crippen LogP contribution is 2.31. The Kier molecular flexibility index (Phi) is 5.85. The summed E-state index contributed by atoms with van der Waals surface area (Å²) in [6, 6.07) is 5.40. The molecule has 1 aromatic heterocycles. The number of carbonyl (C=O) groups is 2. The highest BCUT2D eigenvalue weighted by Gasteiger charge is 2.30. The molecule has 1 saturated carbocycles. The fraction of sp³-hybridized carbons (Fsp3) is 0.409. The van der Waals surface area contributed by atoms with Gasteiger partial charge in [-0.25, -0.2) is 18.2 Å². The zero-order valence-electron chi connectivity index (χ0n) is 16.3. The molecule has 2 aliphatic rings. The molecule has 2 heterocycles. The van der Waals surface area contributed by atoms with Gasteiger partial charge in [0.25, 0.3) is 5.91 Å². The lowest BCUT2D eigenvalue weighted by molar-refractivity contribution is 0.0831. The average Bonchev–Trinajstić information content (AvgIpc) is 3.51. The number of carbonyl (C=O) groups excluding carboxylic acids is 2. The number of nitrogens with one attached hydrogen (secondary N) is 1. The van der Waals surface area contributed by atoms with Gasteiger partial charge in [-0.05, 0) is 56.8 Å². The quantitative estimate of drug-likeness (QED) is 0.721. The van der Waals surface area contributed by atoms with E-state index in [1.165, 1.54) is 18.9 Å². The molecule has 1 aromatic carbocycles. The summed E-state index contributed by atoms with van der Waals surface area (Å²) in [4.78, 5) is 31.6. The van der Waals surface area contributed by atoms with E-state index in [0.717, 1.165) is 38.4 Å². The van der Waals surface area contributed by atoms with Crippen molar-refractivity contribution in [3.05, 3.63) is 59.0 Å². The van der Waals surface area contributed by atoms with Crippen LogP contribution < -0.4 is 5.32 Å². The van der Waals surface area contributed by atoms with E-state index < -0.39 is 28.9 Å². The Hall–Kier alpha value is -2.74. The maximum atomic E-state index is 13.8. The molecule has 30 heavy (non-hydrogen) atoms. The van der Waals surface area contributed by atoms with Crippen LogP contribution in [0.5, 0.6) is 0 Å². The van der Waals surface area contributed by atoms with E-state index in [0.29, 0.717) is 12.1 Å². The van der Waals surface area contributed by atoms with Crippen molar-refractivity contribution in [3.8, 4) is 0 Å². The number of pyridine rings is 1. The lowest BCUT2D eigenvalue weighted by atomic mass is 9.90. The molecule has 1 aliphatic heterocycles. The Balaban J connectivity index is 1.41. The Bertz CT molecular complexity index is 947. The molecule has 0 atom stereocenters. The number of halogens is 3. The van der Waals surface area contributed by atoms with Crippen LogP contribution >= 0.6 is 0 Å². The first-order valence-electron chi connectivity index (χ1n) is 10.1. The maximum Gasteiger partial charge on any atom is 0.262 e. The van der Waals surface area contributed by atoms with Crippen LogP contribution in [0.4, 0.5) is 19.0 Å². The standard InChI is InChI=1S/C22H22F3N3O2/c23-15-10-16(24)20(17(25)11-15)22(30)27-19-3-1-2-18(26-19)21(29)14-6-8-28(9-7-14)12-13-4-5-13/h1-3,10-11,13-14H,4-9,12H2,(H,26,27,30). The highest BCUT2D eigenvalue weighted by atomic mass is 19.1. The molecule has 4 rings (SSSR count). The number of rotatable bonds is 6. The van der Waals surface area contributed by atoms with E-state index in [1.54, 1.807) is 12.1 Å². The van der Waals surface area contributed by atoms with Crippen molar-refractivity contribution in [1.29, 1.82) is 0 Å². The van der Waals surface area contributed by atoms with Crippen molar-refractivity contribution in [1.82, 2.24) is 9.88 Å². The largest absolute Gasteiger partial charge is 0.306 e. The molecule has 8 heteroatoms. The number of amides is 1. The fourth-order valence-corrected chi connectivity index (χ4v) is 3.83. The molecule has 2 fully saturated rings. The molecule has 0 unspecified atom stereocenters. The van der Waals surface area contributed by atoms with Crippen LogP contribution in [0.15, 0.2) is 30.3 Å². The summed E-state index contributed by atoms with van der Waals surface area (Å²) in [7, 11) is 0. The van der Waals surface area contributed by atoms with Gasteiger partial charge in [0.05, 0.1) is 0 Å². The molecule has 5 nitrogen and oxygen atoms in total. The van der Waals surface area contributed by atoms with Gasteiger partial charge in [-0.2, -0.15) is 0 Å². The van der Waals surface area contributed by atoms with E-state index >= 15 is 0 Å². The van der Waals surface area contributed by atoms with Crippen molar-refractivity contribution < 1.29 is 22.8 Å². The number of hydrogen-bond donors (Lipinski definition) is 1. The molecule has 1 amide bonds. The summed E-state index contributed by atoms with van der Waals surface area (Å²) in [6.45, 7) is 2.87.